The van der Waals surface area contributed by atoms with Gasteiger partial charge in [0.15, 0.2) is 5.82 Å². The summed E-state index contributed by atoms with van der Waals surface area (Å²) in [4.78, 5) is 11.6. The molecule has 110 valence electrons. The Morgan fingerprint density at radius 1 is 1.24 bits per heavy atom. The van der Waals surface area contributed by atoms with Crippen LogP contribution >= 0.6 is 0 Å². The average molecular weight is 295 g/mol. The monoisotopic (exact) mass is 295 g/mol. The average Bonchev–Trinajstić information content (AvgIpc) is 2.81. The molecule has 1 aromatic carbocycles. The van der Waals surface area contributed by atoms with Gasteiger partial charge in [-0.15, -0.1) is 0 Å². The van der Waals surface area contributed by atoms with E-state index in [1.54, 1.807) is 19.3 Å². The fourth-order valence-electron chi connectivity index (χ4n) is 1.60. The molecule has 0 radical (unpaired) electrons. The molecule has 0 aliphatic heterocycles. The molecule has 0 aliphatic rings. The second kappa shape index (κ2) is 5.82. The highest BCUT2D eigenvalue weighted by Crippen LogP contribution is 2.29. The van der Waals surface area contributed by atoms with Crippen LogP contribution in [0.2, 0.25) is 0 Å². The van der Waals surface area contributed by atoms with Crippen LogP contribution in [0.15, 0.2) is 42.6 Å². The first-order valence-electron chi connectivity index (χ1n) is 6.00. The van der Waals surface area contributed by atoms with Crippen molar-refractivity contribution in [1.29, 1.82) is 0 Å². The lowest BCUT2D eigenvalue weighted by molar-refractivity contribution is -0.137. The van der Waals surface area contributed by atoms with Gasteiger partial charge in [-0.2, -0.15) is 18.3 Å². The third-order valence-electron chi connectivity index (χ3n) is 2.63. The summed E-state index contributed by atoms with van der Waals surface area (Å²) < 4.78 is 38.7. The number of benzene rings is 1. The van der Waals surface area contributed by atoms with E-state index < -0.39 is 17.6 Å². The van der Waals surface area contributed by atoms with Crippen molar-refractivity contribution in [1.82, 2.24) is 9.78 Å². The minimum atomic E-state index is -4.36. The van der Waals surface area contributed by atoms with Crippen LogP contribution in [0.3, 0.4) is 0 Å². The van der Waals surface area contributed by atoms with Crippen molar-refractivity contribution >= 4 is 17.8 Å². The number of rotatable bonds is 3. The Labute approximate surface area is 118 Å². The van der Waals surface area contributed by atoms with Crippen LogP contribution in [0.25, 0.3) is 6.08 Å². The van der Waals surface area contributed by atoms with Gasteiger partial charge < -0.3 is 5.32 Å². The number of hydrogen-bond donors (Lipinski definition) is 1. The standard InChI is InChI=1S/C14H12F3N3O/c1-20-9-8-12(19-20)18-13(21)7-4-10-2-5-11(6-3-10)14(15,16)17/h2-9H,1H3,(H,18,19,21)/b7-4+. The van der Waals surface area contributed by atoms with Gasteiger partial charge in [-0.3, -0.25) is 9.48 Å². The first kappa shape index (κ1) is 14.8. The van der Waals surface area contributed by atoms with E-state index >= 15 is 0 Å². The summed E-state index contributed by atoms with van der Waals surface area (Å²) in [6.45, 7) is 0. The van der Waals surface area contributed by atoms with Crippen molar-refractivity contribution < 1.29 is 18.0 Å². The molecule has 1 heterocycles. The number of aromatic nitrogens is 2. The molecule has 0 atom stereocenters. The zero-order valence-corrected chi connectivity index (χ0v) is 11.1. The highest BCUT2D eigenvalue weighted by atomic mass is 19.4. The second-order valence-corrected chi connectivity index (χ2v) is 4.32. The molecule has 0 saturated heterocycles. The van der Waals surface area contributed by atoms with Crippen LogP contribution in [0.5, 0.6) is 0 Å². The summed E-state index contributed by atoms with van der Waals surface area (Å²) in [6.07, 6.45) is -0.0243. The molecule has 0 bridgehead atoms. The number of aryl methyl sites for hydroxylation is 1. The molecule has 0 aliphatic carbocycles. The van der Waals surface area contributed by atoms with E-state index in [1.807, 2.05) is 0 Å². The van der Waals surface area contributed by atoms with Gasteiger partial charge in [0.1, 0.15) is 0 Å². The minimum absolute atomic E-state index is 0.402. The Kier molecular flexibility index (Phi) is 4.11. The van der Waals surface area contributed by atoms with Gasteiger partial charge >= 0.3 is 6.18 Å². The van der Waals surface area contributed by atoms with E-state index in [9.17, 15) is 18.0 Å². The van der Waals surface area contributed by atoms with Crippen molar-refractivity contribution in [3.8, 4) is 0 Å². The predicted molar refractivity (Wildman–Crippen MR) is 72.3 cm³/mol. The van der Waals surface area contributed by atoms with E-state index in [1.165, 1.54) is 29.0 Å². The van der Waals surface area contributed by atoms with E-state index in [0.717, 1.165) is 12.1 Å². The number of anilines is 1. The fraction of sp³-hybridized carbons (Fsp3) is 0.143. The van der Waals surface area contributed by atoms with E-state index in [0.29, 0.717) is 11.4 Å². The highest BCUT2D eigenvalue weighted by molar-refractivity contribution is 6.01. The van der Waals surface area contributed by atoms with Gasteiger partial charge in [-0.1, -0.05) is 12.1 Å². The maximum atomic E-state index is 12.4. The maximum absolute atomic E-state index is 12.4. The number of halogens is 3. The van der Waals surface area contributed by atoms with E-state index in [-0.39, 0.29) is 0 Å². The summed E-state index contributed by atoms with van der Waals surface area (Å²) in [5.74, 6) is -0.00633. The summed E-state index contributed by atoms with van der Waals surface area (Å²) in [7, 11) is 1.72. The van der Waals surface area contributed by atoms with Gasteiger partial charge in [0.25, 0.3) is 0 Å². The van der Waals surface area contributed by atoms with Crippen LogP contribution in [0.4, 0.5) is 19.0 Å². The highest BCUT2D eigenvalue weighted by Gasteiger charge is 2.29. The first-order valence-corrected chi connectivity index (χ1v) is 6.00. The molecule has 0 unspecified atom stereocenters. The quantitative estimate of drug-likeness (QED) is 0.885. The fourth-order valence-corrected chi connectivity index (χ4v) is 1.60. The zero-order chi connectivity index (χ0) is 15.5. The summed E-state index contributed by atoms with van der Waals surface area (Å²) in [5.41, 5.74) is -0.225. The number of nitrogens with zero attached hydrogens (tertiary/aromatic N) is 2. The number of carbonyl (C=O) groups excluding carboxylic acids is 1. The van der Waals surface area contributed by atoms with Crippen molar-refractivity contribution in [3.05, 3.63) is 53.7 Å². The smallest absolute Gasteiger partial charge is 0.306 e. The lowest BCUT2D eigenvalue weighted by Crippen LogP contribution is -2.08. The Morgan fingerprint density at radius 3 is 2.43 bits per heavy atom. The van der Waals surface area contributed by atoms with E-state index in [4.69, 9.17) is 0 Å². The predicted octanol–water partition coefficient (Wildman–Crippen LogP) is 3.09. The van der Waals surface area contributed by atoms with Crippen LogP contribution in [0, 0.1) is 0 Å². The summed E-state index contributed by atoms with van der Waals surface area (Å²) in [6, 6.07) is 6.16. The molecule has 21 heavy (non-hydrogen) atoms. The number of nitrogens with one attached hydrogen (secondary N) is 1. The van der Waals surface area contributed by atoms with Gasteiger partial charge in [0, 0.05) is 25.4 Å². The van der Waals surface area contributed by atoms with Gasteiger partial charge in [0.05, 0.1) is 5.56 Å². The molecule has 0 fully saturated rings. The molecule has 2 aromatic rings. The Bertz CT molecular complexity index is 657. The molecule has 1 amide bonds. The topological polar surface area (TPSA) is 46.9 Å². The number of hydrogen-bond acceptors (Lipinski definition) is 2. The van der Waals surface area contributed by atoms with E-state index in [2.05, 4.69) is 10.4 Å². The van der Waals surface area contributed by atoms with Gasteiger partial charge in [0.2, 0.25) is 5.91 Å². The van der Waals surface area contributed by atoms with Crippen LogP contribution < -0.4 is 5.32 Å². The second-order valence-electron chi connectivity index (χ2n) is 4.32. The third kappa shape index (κ3) is 4.20. The summed E-state index contributed by atoms with van der Waals surface area (Å²) >= 11 is 0. The molecule has 0 spiro atoms. The number of alkyl halides is 3. The SMILES string of the molecule is Cn1ccc(NC(=O)/C=C/c2ccc(C(F)(F)F)cc2)n1. The molecular formula is C14H12F3N3O. The lowest BCUT2D eigenvalue weighted by Gasteiger charge is -2.05. The van der Waals surface area contributed by atoms with Crippen molar-refractivity contribution in [2.24, 2.45) is 7.05 Å². The zero-order valence-electron chi connectivity index (χ0n) is 11.1. The Balaban J connectivity index is 1.99. The van der Waals surface area contributed by atoms with Crippen LogP contribution in [-0.2, 0) is 18.0 Å². The largest absolute Gasteiger partial charge is 0.416 e. The molecular weight excluding hydrogens is 283 g/mol. The number of carbonyl (C=O) groups is 1. The van der Waals surface area contributed by atoms with Gasteiger partial charge in [-0.25, -0.2) is 0 Å². The lowest BCUT2D eigenvalue weighted by atomic mass is 10.1. The Morgan fingerprint density at radius 2 is 1.90 bits per heavy atom. The van der Waals surface area contributed by atoms with Crippen LogP contribution in [-0.4, -0.2) is 15.7 Å². The van der Waals surface area contributed by atoms with Crippen LogP contribution in [0.1, 0.15) is 11.1 Å². The molecule has 7 heteroatoms. The molecule has 2 rings (SSSR count). The number of amides is 1. The Hall–Kier alpha value is -2.57. The van der Waals surface area contributed by atoms with Gasteiger partial charge in [-0.05, 0) is 23.8 Å². The molecule has 4 nitrogen and oxygen atoms in total. The molecule has 0 saturated carbocycles. The van der Waals surface area contributed by atoms with Crippen molar-refractivity contribution in [2.45, 2.75) is 6.18 Å². The van der Waals surface area contributed by atoms with Crippen molar-refractivity contribution in [3.63, 3.8) is 0 Å². The molecule has 1 N–H and O–H groups in total. The maximum Gasteiger partial charge on any atom is 0.416 e. The normalized spacial score (nSPS) is 11.8. The minimum Gasteiger partial charge on any atom is -0.306 e. The molecule has 1 aromatic heterocycles. The third-order valence-corrected chi connectivity index (χ3v) is 2.63. The summed E-state index contributed by atoms with van der Waals surface area (Å²) in [5, 5.41) is 6.50. The van der Waals surface area contributed by atoms with Crippen molar-refractivity contribution in [2.75, 3.05) is 5.32 Å². The first-order chi connectivity index (χ1) is 9.84.